The van der Waals surface area contributed by atoms with Crippen molar-refractivity contribution in [1.82, 2.24) is 9.97 Å². The van der Waals surface area contributed by atoms with E-state index >= 15 is 0 Å². The number of aromatic amines is 1. The van der Waals surface area contributed by atoms with Gasteiger partial charge in [-0.2, -0.15) is 4.58 Å². The smallest absolute Gasteiger partial charge is 0.209 e. The van der Waals surface area contributed by atoms with E-state index in [1.165, 1.54) is 0 Å². The molecule has 1 N–H and O–H groups in total. The van der Waals surface area contributed by atoms with Crippen LogP contribution in [0.15, 0.2) is 42.9 Å². The second-order valence-corrected chi connectivity index (χ2v) is 7.92. The van der Waals surface area contributed by atoms with Crippen LogP contribution in [0.4, 0.5) is 8.78 Å². The standard InChI is InChI=1S/C24H18F2N3O2/c25-18-3-4-20(26)14(7-18)1-2-15-9-27-24-19(15)8-16(10-28-24)17-11-29(12-17)21-13-31-22-5-6-30-23(21)22/h3-4,7-12,21-23H,5-6,13H2,(H,27,28)/q+1. The van der Waals surface area contributed by atoms with Crippen molar-refractivity contribution in [3.63, 3.8) is 0 Å². The highest BCUT2D eigenvalue weighted by Crippen LogP contribution is 2.31. The largest absolute Gasteiger partial charge is 0.368 e. The molecule has 3 unspecified atom stereocenters. The molecule has 31 heavy (non-hydrogen) atoms. The monoisotopic (exact) mass is 418 g/mol. The van der Waals surface area contributed by atoms with Crippen molar-refractivity contribution in [3.8, 4) is 11.8 Å². The molecule has 0 spiro atoms. The van der Waals surface area contributed by atoms with E-state index in [2.05, 4.69) is 38.8 Å². The van der Waals surface area contributed by atoms with Crippen LogP contribution in [0.2, 0.25) is 0 Å². The van der Waals surface area contributed by atoms with Crippen molar-refractivity contribution in [3.05, 3.63) is 71.2 Å². The molecule has 0 bridgehead atoms. The number of fused-ring (bicyclic) bond motifs is 2. The minimum absolute atomic E-state index is 0.0235. The average molecular weight is 418 g/mol. The summed E-state index contributed by atoms with van der Waals surface area (Å²) in [5.74, 6) is 4.58. The number of ether oxygens (including phenoxy) is 2. The Hall–Kier alpha value is -3.34. The Morgan fingerprint density at radius 2 is 2.00 bits per heavy atom. The molecule has 6 rings (SSSR count). The summed E-state index contributed by atoms with van der Waals surface area (Å²) in [4.78, 5) is 7.56. The van der Waals surface area contributed by atoms with Gasteiger partial charge in [-0.25, -0.2) is 13.8 Å². The first-order valence-electron chi connectivity index (χ1n) is 10.2. The lowest BCUT2D eigenvalue weighted by Crippen LogP contribution is -2.39. The molecule has 0 saturated carbocycles. The van der Waals surface area contributed by atoms with Gasteiger partial charge in [-0.3, -0.25) is 0 Å². The molecule has 2 fully saturated rings. The van der Waals surface area contributed by atoms with Gasteiger partial charge in [0.2, 0.25) is 6.04 Å². The van der Waals surface area contributed by atoms with Gasteiger partial charge in [0, 0.05) is 23.3 Å². The van der Waals surface area contributed by atoms with Crippen LogP contribution in [0.1, 0.15) is 23.1 Å². The Balaban J connectivity index is 1.27. The van der Waals surface area contributed by atoms with Gasteiger partial charge in [-0.15, -0.1) is 0 Å². The van der Waals surface area contributed by atoms with Gasteiger partial charge < -0.3 is 14.5 Å². The van der Waals surface area contributed by atoms with Crippen molar-refractivity contribution in [2.45, 2.75) is 24.7 Å². The highest BCUT2D eigenvalue weighted by Gasteiger charge is 2.48. The summed E-state index contributed by atoms with van der Waals surface area (Å²) in [6.45, 7) is 1.43. The van der Waals surface area contributed by atoms with Gasteiger partial charge in [-0.05, 0) is 30.7 Å². The van der Waals surface area contributed by atoms with Crippen molar-refractivity contribution in [2.75, 3.05) is 13.2 Å². The van der Waals surface area contributed by atoms with Gasteiger partial charge in [0.1, 0.15) is 35.6 Å². The molecule has 3 aliphatic heterocycles. The van der Waals surface area contributed by atoms with Crippen LogP contribution in [0.3, 0.4) is 0 Å². The Morgan fingerprint density at radius 1 is 1.13 bits per heavy atom. The molecule has 0 radical (unpaired) electrons. The normalized spacial score (nSPS) is 24.3. The van der Waals surface area contributed by atoms with Crippen LogP contribution in [0.5, 0.6) is 0 Å². The van der Waals surface area contributed by atoms with Crippen molar-refractivity contribution >= 4 is 22.8 Å². The quantitative estimate of drug-likeness (QED) is 0.514. The maximum absolute atomic E-state index is 13.9. The van der Waals surface area contributed by atoms with E-state index in [1.54, 1.807) is 6.20 Å². The molecule has 5 nitrogen and oxygen atoms in total. The Kier molecular flexibility index (Phi) is 4.23. The number of rotatable bonds is 2. The fourth-order valence-electron chi connectivity index (χ4n) is 4.34. The van der Waals surface area contributed by atoms with E-state index in [0.29, 0.717) is 17.8 Å². The summed E-state index contributed by atoms with van der Waals surface area (Å²) in [5, 5.41) is 0.831. The average Bonchev–Trinajstić information content (AvgIpc) is 3.44. The molecular weight excluding hydrogens is 400 g/mol. The number of nitrogens with zero attached hydrogens (tertiary/aromatic N) is 2. The number of pyridine rings is 1. The molecule has 1 aromatic carbocycles. The van der Waals surface area contributed by atoms with E-state index in [0.717, 1.165) is 47.7 Å². The van der Waals surface area contributed by atoms with Crippen molar-refractivity contribution in [2.24, 2.45) is 0 Å². The maximum Gasteiger partial charge on any atom is 0.209 e. The topological polar surface area (TPSA) is 50.2 Å². The Bertz CT molecular complexity index is 1330. The van der Waals surface area contributed by atoms with Gasteiger partial charge in [0.05, 0.1) is 23.8 Å². The fraction of sp³-hybridized carbons (Fsp3) is 0.250. The number of aromatic nitrogens is 2. The zero-order valence-corrected chi connectivity index (χ0v) is 16.4. The van der Waals surface area contributed by atoms with Crippen LogP contribution in [0.25, 0.3) is 16.6 Å². The number of allylic oxidation sites excluding steroid dienone is 1. The predicted octanol–water partition coefficient (Wildman–Crippen LogP) is 3.24. The molecule has 0 amide bonds. The zero-order chi connectivity index (χ0) is 20.9. The van der Waals surface area contributed by atoms with Crippen molar-refractivity contribution in [1.29, 1.82) is 0 Å². The second-order valence-electron chi connectivity index (χ2n) is 7.92. The number of benzene rings is 1. The van der Waals surface area contributed by atoms with E-state index in [1.807, 2.05) is 12.3 Å². The summed E-state index contributed by atoms with van der Waals surface area (Å²) >= 11 is 0. The Morgan fingerprint density at radius 3 is 2.90 bits per heavy atom. The fourth-order valence-corrected chi connectivity index (χ4v) is 4.34. The molecule has 2 aromatic heterocycles. The zero-order valence-electron chi connectivity index (χ0n) is 16.4. The lowest BCUT2D eigenvalue weighted by atomic mass is 10.0. The first-order chi connectivity index (χ1) is 15.2. The summed E-state index contributed by atoms with van der Waals surface area (Å²) in [6.07, 6.45) is 9.00. The lowest BCUT2D eigenvalue weighted by Gasteiger charge is -2.17. The molecule has 3 atom stereocenters. The van der Waals surface area contributed by atoms with E-state index < -0.39 is 11.6 Å². The van der Waals surface area contributed by atoms with Gasteiger partial charge in [-0.1, -0.05) is 11.8 Å². The molecule has 154 valence electrons. The molecular formula is C24H18F2N3O2+. The summed E-state index contributed by atoms with van der Waals surface area (Å²) in [7, 11) is 0. The molecule has 2 saturated heterocycles. The minimum Gasteiger partial charge on any atom is -0.368 e. The first kappa shape index (κ1) is 18.4. The number of hydrogen-bond donors (Lipinski definition) is 1. The predicted molar refractivity (Wildman–Crippen MR) is 111 cm³/mol. The lowest BCUT2D eigenvalue weighted by molar-refractivity contribution is -0.509. The van der Waals surface area contributed by atoms with Crippen LogP contribution in [-0.4, -0.2) is 52.2 Å². The molecule has 0 aliphatic carbocycles. The van der Waals surface area contributed by atoms with Crippen molar-refractivity contribution < 1.29 is 22.8 Å². The molecule has 7 heteroatoms. The molecule has 3 aliphatic rings. The van der Waals surface area contributed by atoms with Crippen LogP contribution >= 0.6 is 0 Å². The van der Waals surface area contributed by atoms with E-state index in [-0.39, 0.29) is 23.8 Å². The second kappa shape index (κ2) is 7.12. The first-order valence-corrected chi connectivity index (χ1v) is 10.2. The Labute approximate surface area is 177 Å². The van der Waals surface area contributed by atoms with Crippen LogP contribution < -0.4 is 0 Å². The van der Waals surface area contributed by atoms with Crippen LogP contribution in [-0.2, 0) is 9.47 Å². The van der Waals surface area contributed by atoms with Gasteiger partial charge >= 0.3 is 0 Å². The molecule has 3 aromatic rings. The molecule has 5 heterocycles. The number of hydrogen-bond acceptors (Lipinski definition) is 3. The van der Waals surface area contributed by atoms with E-state index in [9.17, 15) is 8.78 Å². The number of nitrogens with one attached hydrogen (secondary N) is 1. The number of H-pyrrole nitrogens is 1. The third-order valence-corrected chi connectivity index (χ3v) is 6.02. The summed E-state index contributed by atoms with van der Waals surface area (Å²) in [6, 6.07) is 5.46. The minimum atomic E-state index is -0.550. The highest BCUT2D eigenvalue weighted by molar-refractivity contribution is 6.11. The van der Waals surface area contributed by atoms with E-state index in [4.69, 9.17) is 9.47 Å². The summed E-state index contributed by atoms with van der Waals surface area (Å²) in [5.41, 5.74) is 3.42. The maximum atomic E-state index is 13.9. The highest BCUT2D eigenvalue weighted by atomic mass is 19.1. The third kappa shape index (κ3) is 3.16. The summed E-state index contributed by atoms with van der Waals surface area (Å²) < 4.78 is 41.1. The van der Waals surface area contributed by atoms with Crippen LogP contribution in [0, 0.1) is 23.5 Å². The van der Waals surface area contributed by atoms with Gasteiger partial charge in [0.15, 0.2) is 12.4 Å². The SMILES string of the molecule is Fc1ccc(F)c(C#Cc2c[nH]c3ncc(C4=C[N+](C5COC6CCOC65)=C4)cc23)c1. The number of halogens is 2. The van der Waals surface area contributed by atoms with Gasteiger partial charge in [0.25, 0.3) is 0 Å². The third-order valence-electron chi connectivity index (χ3n) is 6.02.